The first-order chi connectivity index (χ1) is 16.3. The van der Waals surface area contributed by atoms with Crippen LogP contribution in [0, 0.1) is 12.7 Å². The van der Waals surface area contributed by atoms with Crippen LogP contribution in [-0.2, 0) is 0 Å². The molecule has 0 saturated heterocycles. The highest BCUT2D eigenvalue weighted by atomic mass is 35.5. The molecule has 34 heavy (non-hydrogen) atoms. The number of Topliss-reactive ketones (excluding diaryl/α,β-unsaturated/α-hetero) is 1. The molecule has 172 valence electrons. The lowest BCUT2D eigenvalue weighted by molar-refractivity contribution is 0.0980. The van der Waals surface area contributed by atoms with E-state index in [1.807, 2.05) is 19.1 Å². The van der Waals surface area contributed by atoms with Crippen LogP contribution in [-0.4, -0.2) is 25.9 Å². The van der Waals surface area contributed by atoms with E-state index in [0.717, 1.165) is 5.56 Å². The third kappa shape index (κ3) is 4.18. The fourth-order valence-electron chi connectivity index (χ4n) is 3.81. The zero-order valence-corrected chi connectivity index (χ0v) is 20.7. The average Bonchev–Trinajstić information content (AvgIpc) is 3.21. The third-order valence-electron chi connectivity index (χ3n) is 5.51. The van der Waals surface area contributed by atoms with Crippen LogP contribution in [0.1, 0.15) is 27.5 Å². The topological polar surface area (TPSA) is 59.8 Å². The van der Waals surface area contributed by atoms with E-state index in [1.54, 1.807) is 41.1 Å². The zero-order valence-electron chi connectivity index (χ0n) is 17.6. The predicted molar refractivity (Wildman–Crippen MR) is 134 cm³/mol. The highest BCUT2D eigenvalue weighted by molar-refractivity contribution is 8.00. The summed E-state index contributed by atoms with van der Waals surface area (Å²) in [4.78, 5) is 13.6. The van der Waals surface area contributed by atoms with Gasteiger partial charge in [-0.25, -0.2) is 9.07 Å². The summed E-state index contributed by atoms with van der Waals surface area (Å²) in [6, 6.07) is 15.9. The summed E-state index contributed by atoms with van der Waals surface area (Å²) < 4.78 is 16.6. The van der Waals surface area contributed by atoms with Gasteiger partial charge in [-0.3, -0.25) is 4.79 Å². The lowest BCUT2D eigenvalue weighted by atomic mass is 9.96. The van der Waals surface area contributed by atoms with Gasteiger partial charge in [-0.1, -0.05) is 82.5 Å². The Bertz CT molecular complexity index is 1390. The Morgan fingerprint density at radius 2 is 1.79 bits per heavy atom. The van der Waals surface area contributed by atoms with Crippen molar-refractivity contribution in [3.8, 4) is 11.4 Å². The Morgan fingerprint density at radius 3 is 2.50 bits per heavy atom. The Labute approximate surface area is 214 Å². The molecule has 1 aliphatic heterocycles. The highest BCUT2D eigenvalue weighted by Gasteiger charge is 2.40. The Morgan fingerprint density at radius 1 is 1.03 bits per heavy atom. The molecule has 0 spiro atoms. The lowest BCUT2D eigenvalue weighted by Gasteiger charge is -2.33. The van der Waals surface area contributed by atoms with E-state index in [9.17, 15) is 4.79 Å². The van der Waals surface area contributed by atoms with E-state index in [4.69, 9.17) is 34.8 Å². The van der Waals surface area contributed by atoms with Crippen molar-refractivity contribution < 1.29 is 9.18 Å². The van der Waals surface area contributed by atoms with Crippen LogP contribution in [0.4, 0.5) is 4.39 Å². The van der Waals surface area contributed by atoms with E-state index in [2.05, 4.69) is 15.6 Å². The van der Waals surface area contributed by atoms with Gasteiger partial charge in [-0.15, -0.1) is 10.2 Å². The Kier molecular flexibility index (Phi) is 6.29. The maximum atomic E-state index is 15.0. The van der Waals surface area contributed by atoms with Crippen LogP contribution >= 0.6 is 46.6 Å². The molecular formula is C24H16Cl3FN4OS. The molecule has 1 aliphatic rings. The number of carbonyl (C=O) groups is 1. The number of ketones is 1. The summed E-state index contributed by atoms with van der Waals surface area (Å²) >= 11 is 20.1. The quantitative estimate of drug-likeness (QED) is 0.286. The number of aromatic nitrogens is 3. The van der Waals surface area contributed by atoms with Gasteiger partial charge >= 0.3 is 0 Å². The summed E-state index contributed by atoms with van der Waals surface area (Å²) in [5.41, 5.74) is 5.54. The molecule has 1 N–H and O–H groups in total. The molecule has 0 radical (unpaired) electrons. The molecule has 0 saturated carbocycles. The second-order valence-corrected chi connectivity index (χ2v) is 10.1. The van der Waals surface area contributed by atoms with E-state index in [1.165, 1.54) is 23.9 Å². The van der Waals surface area contributed by atoms with E-state index in [-0.39, 0.29) is 16.4 Å². The molecule has 5 nitrogen and oxygen atoms in total. The van der Waals surface area contributed by atoms with Gasteiger partial charge in [0.15, 0.2) is 11.6 Å². The zero-order chi connectivity index (χ0) is 24.0. The van der Waals surface area contributed by atoms with Crippen LogP contribution in [0.5, 0.6) is 0 Å². The normalized spacial score (nSPS) is 17.2. The van der Waals surface area contributed by atoms with E-state index >= 15 is 4.39 Å². The van der Waals surface area contributed by atoms with Crippen molar-refractivity contribution in [3.05, 3.63) is 98.2 Å². The van der Waals surface area contributed by atoms with Gasteiger partial charge < -0.3 is 5.43 Å². The molecule has 0 bridgehead atoms. The van der Waals surface area contributed by atoms with Gasteiger partial charge in [0.1, 0.15) is 11.1 Å². The summed E-state index contributed by atoms with van der Waals surface area (Å²) in [5.74, 6) is -0.292. The first-order valence-electron chi connectivity index (χ1n) is 10.2. The second-order valence-electron chi connectivity index (χ2n) is 7.78. The second kappa shape index (κ2) is 9.23. The number of rotatable bonds is 4. The number of hydrogen-bond donors (Lipinski definition) is 1. The van der Waals surface area contributed by atoms with Gasteiger partial charge in [-0.05, 0) is 37.3 Å². The fourth-order valence-corrected chi connectivity index (χ4v) is 5.72. The van der Waals surface area contributed by atoms with Gasteiger partial charge in [-0.2, -0.15) is 0 Å². The molecule has 2 atom stereocenters. The summed E-state index contributed by atoms with van der Waals surface area (Å²) in [5, 5.41) is 9.29. The number of halogens is 4. The SMILES string of the molecule is Cc1ccc(C(=O)[C@H]2Sc3nnc(-c4ccc(Cl)cc4Cl)n3N[C@@H]2c2c(F)cccc2Cl)cc1. The monoisotopic (exact) mass is 532 g/mol. The molecule has 4 aromatic rings. The van der Waals surface area contributed by atoms with Gasteiger partial charge in [0.05, 0.1) is 11.1 Å². The molecule has 3 aromatic carbocycles. The van der Waals surface area contributed by atoms with Gasteiger partial charge in [0, 0.05) is 26.7 Å². The van der Waals surface area contributed by atoms with Gasteiger partial charge in [0.2, 0.25) is 5.16 Å². The number of nitrogens with one attached hydrogen (secondary N) is 1. The number of fused-ring (bicyclic) bond motifs is 1. The van der Waals surface area contributed by atoms with E-state index < -0.39 is 17.1 Å². The van der Waals surface area contributed by atoms with Crippen molar-refractivity contribution in [2.45, 2.75) is 23.4 Å². The molecule has 1 aromatic heterocycles. The molecule has 0 fully saturated rings. The lowest BCUT2D eigenvalue weighted by Crippen LogP contribution is -2.39. The van der Waals surface area contributed by atoms with Crippen LogP contribution < -0.4 is 5.43 Å². The van der Waals surface area contributed by atoms with Crippen molar-refractivity contribution >= 4 is 52.3 Å². The fraction of sp³-hybridized carbons (Fsp3) is 0.125. The number of carbonyl (C=O) groups excluding carboxylic acids is 1. The van der Waals surface area contributed by atoms with Crippen molar-refractivity contribution in [1.29, 1.82) is 0 Å². The first-order valence-corrected chi connectivity index (χ1v) is 12.2. The van der Waals surface area contributed by atoms with Crippen LogP contribution in [0.3, 0.4) is 0 Å². The van der Waals surface area contributed by atoms with Crippen LogP contribution in [0.15, 0.2) is 65.8 Å². The number of nitrogens with zero attached hydrogens (tertiary/aromatic N) is 3. The van der Waals surface area contributed by atoms with Crippen molar-refractivity contribution in [1.82, 2.24) is 14.9 Å². The molecule has 10 heteroatoms. The maximum absolute atomic E-state index is 15.0. The summed E-state index contributed by atoms with van der Waals surface area (Å²) in [7, 11) is 0. The maximum Gasteiger partial charge on any atom is 0.211 e. The third-order valence-corrected chi connectivity index (χ3v) is 7.61. The minimum absolute atomic E-state index is 0.179. The van der Waals surface area contributed by atoms with E-state index in [0.29, 0.717) is 32.2 Å². The first kappa shape index (κ1) is 23.2. The van der Waals surface area contributed by atoms with Crippen LogP contribution in [0.25, 0.3) is 11.4 Å². The van der Waals surface area contributed by atoms with Gasteiger partial charge in [0.25, 0.3) is 0 Å². The van der Waals surface area contributed by atoms with Crippen LogP contribution in [0.2, 0.25) is 15.1 Å². The number of aryl methyl sites for hydroxylation is 1. The number of benzene rings is 3. The molecular weight excluding hydrogens is 518 g/mol. The number of hydrogen-bond acceptors (Lipinski definition) is 5. The predicted octanol–water partition coefficient (Wildman–Crippen LogP) is 6.99. The largest absolute Gasteiger partial charge is 0.313 e. The smallest absolute Gasteiger partial charge is 0.211 e. The number of thioether (sulfide) groups is 1. The highest BCUT2D eigenvalue weighted by Crippen LogP contribution is 2.43. The summed E-state index contributed by atoms with van der Waals surface area (Å²) in [6.45, 7) is 1.94. The minimum Gasteiger partial charge on any atom is -0.313 e. The molecule has 0 unspecified atom stereocenters. The Hall–Kier alpha value is -2.58. The Balaban J connectivity index is 1.63. The summed E-state index contributed by atoms with van der Waals surface area (Å²) in [6.07, 6.45) is 0. The molecule has 2 heterocycles. The van der Waals surface area contributed by atoms with Crippen molar-refractivity contribution in [2.75, 3.05) is 5.43 Å². The van der Waals surface area contributed by atoms with Crippen molar-refractivity contribution in [3.63, 3.8) is 0 Å². The molecule has 0 aliphatic carbocycles. The molecule has 0 amide bonds. The van der Waals surface area contributed by atoms with Crippen molar-refractivity contribution in [2.24, 2.45) is 0 Å². The standard InChI is InChI=1S/C24H16Cl3FN4OS/c1-12-5-7-13(8-6-12)21(33)22-20(19-16(26)3-2-4-18(19)28)31-32-23(29-30-24(32)34-22)15-10-9-14(25)11-17(15)27/h2-11,20,22,31H,1H3/t20-,22+/m1/s1. The average molecular weight is 534 g/mol. The minimum atomic E-state index is -0.805. The molecule has 5 rings (SSSR count).